The van der Waals surface area contributed by atoms with E-state index in [1.807, 2.05) is 30.3 Å². The first-order valence-corrected chi connectivity index (χ1v) is 12.3. The van der Waals surface area contributed by atoms with Crippen LogP contribution in [0.2, 0.25) is 0 Å². The zero-order chi connectivity index (χ0) is 27.1. The molecule has 0 saturated carbocycles. The Bertz CT molecular complexity index is 1400. The molecule has 3 aromatic carbocycles. The summed E-state index contributed by atoms with van der Waals surface area (Å²) >= 11 is 5.73. The van der Waals surface area contributed by atoms with Crippen LogP contribution < -0.4 is 4.90 Å². The van der Waals surface area contributed by atoms with Gasteiger partial charge in [-0.25, -0.2) is 14.6 Å². The molecule has 0 unspecified atom stereocenters. The molecule has 0 aliphatic carbocycles. The summed E-state index contributed by atoms with van der Waals surface area (Å²) in [6.45, 7) is 4.04. The van der Waals surface area contributed by atoms with Crippen LogP contribution in [-0.2, 0) is 9.47 Å². The number of guanidine groups is 1. The first-order chi connectivity index (χ1) is 18.4. The van der Waals surface area contributed by atoms with Crippen molar-refractivity contribution in [3.63, 3.8) is 0 Å². The fourth-order valence-electron chi connectivity index (χ4n) is 3.56. The van der Waals surface area contributed by atoms with Crippen molar-refractivity contribution in [2.75, 3.05) is 18.1 Å². The molecule has 1 saturated heterocycles. The normalized spacial score (nSPS) is 14.4. The Kier molecular flexibility index (Phi) is 8.34. The number of carbonyl (C=O) groups excluding carboxylic acids is 2. The van der Waals surface area contributed by atoms with E-state index in [0.717, 1.165) is 5.56 Å². The topological polar surface area (TPSA) is 108 Å². The second-order valence-electron chi connectivity index (χ2n) is 7.90. The maximum Gasteiger partial charge on any atom is 0.338 e. The quantitative estimate of drug-likeness (QED) is 0.244. The number of hydrogen-bond donors (Lipinski definition) is 1. The number of nitrogens with zero attached hydrogens (tertiary/aromatic N) is 4. The van der Waals surface area contributed by atoms with Crippen molar-refractivity contribution in [1.82, 2.24) is 5.01 Å². The predicted molar refractivity (Wildman–Crippen MR) is 151 cm³/mol. The lowest BCUT2D eigenvalue weighted by Crippen LogP contribution is -2.31. The van der Waals surface area contributed by atoms with Gasteiger partial charge in [0.05, 0.1) is 41.9 Å². The minimum atomic E-state index is -0.430. The number of anilines is 1. The molecule has 1 fully saturated rings. The van der Waals surface area contributed by atoms with Crippen LogP contribution in [0.1, 0.15) is 40.1 Å². The van der Waals surface area contributed by atoms with E-state index in [-0.39, 0.29) is 30.0 Å². The van der Waals surface area contributed by atoms with Gasteiger partial charge in [0.25, 0.3) is 0 Å². The van der Waals surface area contributed by atoms with E-state index in [4.69, 9.17) is 27.1 Å². The van der Waals surface area contributed by atoms with Crippen molar-refractivity contribution in [3.05, 3.63) is 95.6 Å². The second-order valence-corrected chi connectivity index (χ2v) is 8.29. The maximum atomic E-state index is 12.1. The van der Waals surface area contributed by atoms with Crippen molar-refractivity contribution in [3.8, 4) is 0 Å². The molecule has 10 heteroatoms. The highest BCUT2D eigenvalue weighted by molar-refractivity contribution is 7.82. The van der Waals surface area contributed by atoms with Crippen molar-refractivity contribution < 1.29 is 19.1 Å². The van der Waals surface area contributed by atoms with Gasteiger partial charge in [0.1, 0.15) is 0 Å². The van der Waals surface area contributed by atoms with E-state index in [0.29, 0.717) is 22.5 Å². The average molecular weight is 528 g/mol. The first-order valence-electron chi connectivity index (χ1n) is 11.9. The Labute approximate surface area is 225 Å². The standard InChI is InChI=1S/C28H25N5O4S/c1-3-36-26(34)20-10-14-22(15-11-20)31-24-25(38)32(23-16-12-21(13-17-23)27(35)37-4-2)28(29)33(24)30-18-19-8-6-5-7-9-19/h5-18,29H,3-4H2,1-2H3. The number of rotatable bonds is 8. The van der Waals surface area contributed by atoms with Crippen molar-refractivity contribution in [1.29, 1.82) is 5.41 Å². The SMILES string of the molecule is CCOC(=O)c1ccc(N=C2C(=S)N(c3ccc(C(=O)OCC)cc3)C(=N)N2N=Cc2ccccc2)cc1. The van der Waals surface area contributed by atoms with Gasteiger partial charge in [0.2, 0.25) is 5.96 Å². The third-order valence-electron chi connectivity index (χ3n) is 5.38. The van der Waals surface area contributed by atoms with Gasteiger partial charge >= 0.3 is 11.9 Å². The molecule has 1 aliphatic heterocycles. The third-order valence-corrected chi connectivity index (χ3v) is 5.74. The molecule has 0 spiro atoms. The van der Waals surface area contributed by atoms with Gasteiger partial charge in [-0.05, 0) is 67.9 Å². The lowest BCUT2D eigenvalue weighted by atomic mass is 10.2. The molecule has 4 rings (SSSR count). The summed E-state index contributed by atoms with van der Waals surface area (Å²) < 4.78 is 10.1. The molecule has 0 aromatic heterocycles. The van der Waals surface area contributed by atoms with Crippen molar-refractivity contribution in [2.24, 2.45) is 10.1 Å². The van der Waals surface area contributed by atoms with E-state index in [1.54, 1.807) is 68.6 Å². The molecule has 38 heavy (non-hydrogen) atoms. The van der Waals surface area contributed by atoms with Gasteiger partial charge in [0, 0.05) is 0 Å². The van der Waals surface area contributed by atoms with Crippen LogP contribution in [-0.4, -0.2) is 53.2 Å². The summed E-state index contributed by atoms with van der Waals surface area (Å²) in [7, 11) is 0. The minimum absolute atomic E-state index is 0.0343. The number of benzene rings is 3. The molecule has 0 amide bonds. The Morgan fingerprint density at radius 3 is 1.97 bits per heavy atom. The lowest BCUT2D eigenvalue weighted by molar-refractivity contribution is 0.0517. The van der Waals surface area contributed by atoms with Crippen LogP contribution in [0.15, 0.2) is 89.0 Å². The molecule has 0 atom stereocenters. The minimum Gasteiger partial charge on any atom is -0.462 e. The third kappa shape index (κ3) is 5.81. The Morgan fingerprint density at radius 2 is 1.42 bits per heavy atom. The zero-order valence-electron chi connectivity index (χ0n) is 20.8. The molecule has 192 valence electrons. The van der Waals surface area contributed by atoms with Crippen LogP contribution in [0.5, 0.6) is 0 Å². The van der Waals surface area contributed by atoms with Crippen LogP contribution >= 0.6 is 12.2 Å². The molecular formula is C28H25N5O4S. The molecule has 0 bridgehead atoms. The van der Waals surface area contributed by atoms with Gasteiger partial charge in [0.15, 0.2) is 10.8 Å². The van der Waals surface area contributed by atoms with E-state index in [9.17, 15) is 9.59 Å². The summed E-state index contributed by atoms with van der Waals surface area (Å²) in [6, 6.07) is 22.6. The number of carbonyl (C=O) groups is 2. The molecule has 1 heterocycles. The van der Waals surface area contributed by atoms with Crippen LogP contribution in [0, 0.1) is 5.41 Å². The number of hydrogen-bond acceptors (Lipinski definition) is 8. The highest BCUT2D eigenvalue weighted by Gasteiger charge is 2.38. The number of ether oxygens (including phenoxy) is 2. The molecule has 1 N–H and O–H groups in total. The first kappa shape index (κ1) is 26.4. The predicted octanol–water partition coefficient (Wildman–Crippen LogP) is 5.19. The molecule has 0 radical (unpaired) electrons. The maximum absolute atomic E-state index is 12.1. The largest absolute Gasteiger partial charge is 0.462 e. The van der Waals surface area contributed by atoms with E-state index in [2.05, 4.69) is 10.1 Å². The Balaban J connectivity index is 1.69. The number of amidine groups is 1. The Morgan fingerprint density at radius 1 is 0.868 bits per heavy atom. The monoisotopic (exact) mass is 527 g/mol. The number of esters is 2. The molecule has 9 nitrogen and oxygen atoms in total. The van der Waals surface area contributed by atoms with E-state index < -0.39 is 11.9 Å². The molecule has 1 aliphatic rings. The number of aliphatic imine (C=N–C) groups is 1. The highest BCUT2D eigenvalue weighted by Crippen LogP contribution is 2.26. The van der Waals surface area contributed by atoms with Crippen molar-refractivity contribution >= 4 is 58.5 Å². The van der Waals surface area contributed by atoms with Gasteiger partial charge in [-0.15, -0.1) is 0 Å². The van der Waals surface area contributed by atoms with Gasteiger partial charge in [-0.3, -0.25) is 10.3 Å². The van der Waals surface area contributed by atoms with Crippen molar-refractivity contribution in [2.45, 2.75) is 13.8 Å². The average Bonchev–Trinajstić information content (AvgIpc) is 3.17. The smallest absolute Gasteiger partial charge is 0.338 e. The fraction of sp³-hybridized carbons (Fsp3) is 0.143. The van der Waals surface area contributed by atoms with Crippen LogP contribution in [0.4, 0.5) is 11.4 Å². The summed E-state index contributed by atoms with van der Waals surface area (Å²) in [5, 5.41) is 14.7. The lowest BCUT2D eigenvalue weighted by Gasteiger charge is -2.17. The number of nitrogens with one attached hydrogen (secondary N) is 1. The molecule has 3 aromatic rings. The summed E-state index contributed by atoms with van der Waals surface area (Å²) in [5.74, 6) is -0.624. The van der Waals surface area contributed by atoms with Gasteiger partial charge in [-0.1, -0.05) is 42.5 Å². The summed E-state index contributed by atoms with van der Waals surface area (Å²) in [5.41, 5.74) is 2.71. The van der Waals surface area contributed by atoms with E-state index >= 15 is 0 Å². The zero-order valence-corrected chi connectivity index (χ0v) is 21.6. The number of hydrazone groups is 1. The fourth-order valence-corrected chi connectivity index (χ4v) is 3.88. The Hall–Kier alpha value is -4.70. The second kappa shape index (κ2) is 12.0. The van der Waals surface area contributed by atoms with Gasteiger partial charge in [-0.2, -0.15) is 10.1 Å². The number of thiocarbonyl (C=S) groups is 1. The van der Waals surface area contributed by atoms with Crippen LogP contribution in [0.25, 0.3) is 0 Å². The van der Waals surface area contributed by atoms with E-state index in [1.165, 1.54) is 9.91 Å². The van der Waals surface area contributed by atoms with Crippen LogP contribution in [0.3, 0.4) is 0 Å². The van der Waals surface area contributed by atoms with Gasteiger partial charge < -0.3 is 9.47 Å². The molecular weight excluding hydrogens is 502 g/mol. The summed E-state index contributed by atoms with van der Waals surface area (Å²) in [4.78, 5) is 30.5. The summed E-state index contributed by atoms with van der Waals surface area (Å²) in [6.07, 6.45) is 1.61. The highest BCUT2D eigenvalue weighted by atomic mass is 32.1.